The van der Waals surface area contributed by atoms with E-state index in [2.05, 4.69) is 43.8 Å². The van der Waals surface area contributed by atoms with Crippen molar-refractivity contribution in [1.29, 1.82) is 0 Å². The molecule has 0 bridgehead atoms. The Labute approximate surface area is 112 Å². The Morgan fingerprint density at radius 1 is 1.22 bits per heavy atom. The summed E-state index contributed by atoms with van der Waals surface area (Å²) in [4.78, 5) is 0. The summed E-state index contributed by atoms with van der Waals surface area (Å²) in [6.45, 7) is 10.3. The molecule has 104 valence electrons. The number of hydrogen-bond acceptors (Lipinski definition) is 2. The second-order valence-electron chi connectivity index (χ2n) is 4.95. The van der Waals surface area contributed by atoms with Crippen molar-refractivity contribution in [1.82, 2.24) is 9.88 Å². The molecule has 0 aromatic carbocycles. The number of hydrogen-bond donors (Lipinski definition) is 1. The number of ether oxygens (including phenoxy) is 1. The van der Waals surface area contributed by atoms with Crippen LogP contribution in [-0.4, -0.2) is 24.3 Å². The van der Waals surface area contributed by atoms with Gasteiger partial charge in [-0.1, -0.05) is 13.3 Å². The van der Waals surface area contributed by atoms with Gasteiger partial charge >= 0.3 is 0 Å². The van der Waals surface area contributed by atoms with Gasteiger partial charge in [0.05, 0.1) is 0 Å². The Morgan fingerprint density at radius 2 is 1.94 bits per heavy atom. The second kappa shape index (κ2) is 8.33. The maximum Gasteiger partial charge on any atom is 0.0478 e. The molecule has 1 N–H and O–H groups in total. The van der Waals surface area contributed by atoms with E-state index >= 15 is 0 Å². The van der Waals surface area contributed by atoms with E-state index < -0.39 is 0 Å². The van der Waals surface area contributed by atoms with Gasteiger partial charge in [-0.15, -0.1) is 0 Å². The summed E-state index contributed by atoms with van der Waals surface area (Å²) in [5, 5.41) is 3.48. The van der Waals surface area contributed by atoms with Crippen LogP contribution in [0.5, 0.6) is 0 Å². The van der Waals surface area contributed by atoms with Crippen LogP contribution in [0.1, 0.15) is 43.1 Å². The quantitative estimate of drug-likeness (QED) is 0.684. The van der Waals surface area contributed by atoms with Crippen molar-refractivity contribution >= 4 is 0 Å². The zero-order valence-electron chi connectivity index (χ0n) is 12.4. The molecule has 0 radical (unpaired) electrons. The molecule has 0 amide bonds. The van der Waals surface area contributed by atoms with E-state index in [0.717, 1.165) is 32.7 Å². The minimum absolute atomic E-state index is 0.875. The van der Waals surface area contributed by atoms with Crippen molar-refractivity contribution in [3.8, 4) is 0 Å². The van der Waals surface area contributed by atoms with Gasteiger partial charge in [0.25, 0.3) is 0 Å². The molecule has 1 aromatic heterocycles. The van der Waals surface area contributed by atoms with Gasteiger partial charge in [0.15, 0.2) is 0 Å². The smallest absolute Gasteiger partial charge is 0.0478 e. The lowest BCUT2D eigenvalue weighted by Crippen LogP contribution is -2.17. The minimum atomic E-state index is 0.875. The fourth-order valence-electron chi connectivity index (χ4n) is 1.98. The van der Waals surface area contributed by atoms with Crippen molar-refractivity contribution < 1.29 is 4.74 Å². The van der Waals surface area contributed by atoms with E-state index in [1.165, 1.54) is 29.8 Å². The third-order valence-corrected chi connectivity index (χ3v) is 3.48. The highest BCUT2D eigenvalue weighted by Gasteiger charge is 2.04. The fourth-order valence-corrected chi connectivity index (χ4v) is 1.98. The van der Waals surface area contributed by atoms with Crippen LogP contribution in [0.3, 0.4) is 0 Å². The van der Waals surface area contributed by atoms with Crippen molar-refractivity contribution in [3.63, 3.8) is 0 Å². The molecule has 0 saturated carbocycles. The Balaban J connectivity index is 2.09. The van der Waals surface area contributed by atoms with Crippen LogP contribution in [0.25, 0.3) is 0 Å². The van der Waals surface area contributed by atoms with Gasteiger partial charge < -0.3 is 14.6 Å². The summed E-state index contributed by atoms with van der Waals surface area (Å²) in [5.41, 5.74) is 4.09. The molecule has 0 spiro atoms. The number of aryl methyl sites for hydroxylation is 1. The molecule has 3 nitrogen and oxygen atoms in total. The molecular formula is C15H28N2O. The summed E-state index contributed by atoms with van der Waals surface area (Å²) >= 11 is 0. The predicted molar refractivity (Wildman–Crippen MR) is 76.9 cm³/mol. The highest BCUT2D eigenvalue weighted by molar-refractivity contribution is 5.26. The molecule has 0 aliphatic rings. The SMILES string of the molecule is CCCCOCCCNCc1cc(C)n(C)c1C. The molecule has 0 saturated heterocycles. The molecule has 1 rings (SSSR count). The van der Waals surface area contributed by atoms with Gasteiger partial charge in [-0.25, -0.2) is 0 Å². The van der Waals surface area contributed by atoms with Crippen LogP contribution in [-0.2, 0) is 18.3 Å². The van der Waals surface area contributed by atoms with Crippen molar-refractivity contribution in [2.24, 2.45) is 7.05 Å². The van der Waals surface area contributed by atoms with Crippen molar-refractivity contribution in [3.05, 3.63) is 23.0 Å². The Hall–Kier alpha value is -0.800. The normalized spacial score (nSPS) is 11.1. The summed E-state index contributed by atoms with van der Waals surface area (Å²) in [5.74, 6) is 0. The van der Waals surface area contributed by atoms with E-state index in [1.54, 1.807) is 0 Å². The molecule has 0 aliphatic heterocycles. The largest absolute Gasteiger partial charge is 0.381 e. The molecule has 0 atom stereocenters. The summed E-state index contributed by atoms with van der Waals surface area (Å²) in [6, 6.07) is 2.26. The summed E-state index contributed by atoms with van der Waals surface area (Å²) in [6.07, 6.45) is 3.48. The second-order valence-corrected chi connectivity index (χ2v) is 4.95. The fraction of sp³-hybridized carbons (Fsp3) is 0.733. The number of nitrogens with one attached hydrogen (secondary N) is 1. The first-order chi connectivity index (χ1) is 8.66. The van der Waals surface area contributed by atoms with Crippen molar-refractivity contribution in [2.45, 2.75) is 46.6 Å². The molecule has 3 heteroatoms. The molecule has 0 aliphatic carbocycles. The third-order valence-electron chi connectivity index (χ3n) is 3.48. The van der Waals surface area contributed by atoms with Gasteiger partial charge in [0.2, 0.25) is 0 Å². The summed E-state index contributed by atoms with van der Waals surface area (Å²) in [7, 11) is 2.12. The molecule has 1 aromatic rings. The minimum Gasteiger partial charge on any atom is -0.381 e. The first-order valence-corrected chi connectivity index (χ1v) is 7.07. The van der Waals surface area contributed by atoms with E-state index in [4.69, 9.17) is 4.74 Å². The maximum absolute atomic E-state index is 5.53. The van der Waals surface area contributed by atoms with E-state index in [-0.39, 0.29) is 0 Å². The number of unbranched alkanes of at least 4 members (excludes halogenated alkanes) is 1. The lowest BCUT2D eigenvalue weighted by Gasteiger charge is -2.06. The third kappa shape index (κ3) is 4.83. The van der Waals surface area contributed by atoms with E-state index in [9.17, 15) is 0 Å². The monoisotopic (exact) mass is 252 g/mol. The zero-order chi connectivity index (χ0) is 13.4. The van der Waals surface area contributed by atoms with Gasteiger partial charge in [-0.05, 0) is 44.9 Å². The number of nitrogens with zero attached hydrogens (tertiary/aromatic N) is 1. The maximum atomic E-state index is 5.53. The lowest BCUT2D eigenvalue weighted by molar-refractivity contribution is 0.129. The Bertz CT molecular complexity index is 345. The average molecular weight is 252 g/mol. The highest BCUT2D eigenvalue weighted by atomic mass is 16.5. The van der Waals surface area contributed by atoms with Crippen LogP contribution in [0.15, 0.2) is 6.07 Å². The number of aromatic nitrogens is 1. The first kappa shape index (κ1) is 15.3. The van der Waals surface area contributed by atoms with Gasteiger partial charge in [-0.2, -0.15) is 0 Å². The molecule has 0 unspecified atom stereocenters. The van der Waals surface area contributed by atoms with Gasteiger partial charge in [0, 0.05) is 38.2 Å². The summed E-state index contributed by atoms with van der Waals surface area (Å²) < 4.78 is 7.77. The first-order valence-electron chi connectivity index (χ1n) is 7.07. The van der Waals surface area contributed by atoms with Crippen LogP contribution >= 0.6 is 0 Å². The molecule has 18 heavy (non-hydrogen) atoms. The van der Waals surface area contributed by atoms with E-state index in [1.807, 2.05) is 0 Å². The lowest BCUT2D eigenvalue weighted by atomic mass is 10.2. The Morgan fingerprint density at radius 3 is 2.56 bits per heavy atom. The van der Waals surface area contributed by atoms with Crippen LogP contribution < -0.4 is 5.32 Å². The standard InChI is InChI=1S/C15H28N2O/c1-5-6-9-18-10-7-8-16-12-15-11-13(2)17(4)14(15)3/h11,16H,5-10,12H2,1-4H3. The molecule has 1 heterocycles. The van der Waals surface area contributed by atoms with Gasteiger partial charge in [0.1, 0.15) is 0 Å². The highest BCUT2D eigenvalue weighted by Crippen LogP contribution is 2.12. The van der Waals surface area contributed by atoms with Crippen molar-refractivity contribution in [2.75, 3.05) is 19.8 Å². The molecular weight excluding hydrogens is 224 g/mol. The number of rotatable bonds is 9. The topological polar surface area (TPSA) is 26.2 Å². The van der Waals surface area contributed by atoms with E-state index in [0.29, 0.717) is 0 Å². The van der Waals surface area contributed by atoms with Crippen LogP contribution in [0, 0.1) is 13.8 Å². The van der Waals surface area contributed by atoms with Crippen LogP contribution in [0.4, 0.5) is 0 Å². The zero-order valence-corrected chi connectivity index (χ0v) is 12.4. The predicted octanol–water partition coefficient (Wildman–Crippen LogP) is 2.94. The molecule has 0 fully saturated rings. The van der Waals surface area contributed by atoms with Gasteiger partial charge in [-0.3, -0.25) is 0 Å². The van der Waals surface area contributed by atoms with Crippen LogP contribution in [0.2, 0.25) is 0 Å². The Kier molecular flexibility index (Phi) is 7.06. The average Bonchev–Trinajstić information content (AvgIpc) is 2.60.